The molecule has 8 heteroatoms. The first-order valence-corrected chi connectivity index (χ1v) is 10.6. The van der Waals surface area contributed by atoms with E-state index >= 15 is 0 Å². The molecule has 1 saturated heterocycles. The van der Waals surface area contributed by atoms with Gasteiger partial charge in [0.05, 0.1) is 6.54 Å². The first-order chi connectivity index (χ1) is 14.9. The minimum Gasteiger partial charge on any atom is -0.356 e. The van der Waals surface area contributed by atoms with Gasteiger partial charge in [-0.3, -0.25) is 14.4 Å². The summed E-state index contributed by atoms with van der Waals surface area (Å²) in [6, 6.07) is 13.0. The van der Waals surface area contributed by atoms with Gasteiger partial charge in [0.2, 0.25) is 11.8 Å². The molecule has 0 unspecified atom stereocenters. The molecule has 31 heavy (non-hydrogen) atoms. The Kier molecular flexibility index (Phi) is 8.00. The zero-order valence-electron chi connectivity index (χ0n) is 17.1. The quantitative estimate of drug-likeness (QED) is 0.688. The van der Waals surface area contributed by atoms with Crippen molar-refractivity contribution in [2.45, 2.75) is 19.3 Å². The van der Waals surface area contributed by atoms with Gasteiger partial charge in [0.15, 0.2) is 0 Å². The van der Waals surface area contributed by atoms with Crippen LogP contribution < -0.4 is 10.6 Å². The summed E-state index contributed by atoms with van der Waals surface area (Å²) < 4.78 is 13.6. The second kappa shape index (κ2) is 10.9. The monoisotopic (exact) mass is 445 g/mol. The number of hydrogen-bond acceptors (Lipinski definition) is 3. The van der Waals surface area contributed by atoms with E-state index < -0.39 is 0 Å². The van der Waals surface area contributed by atoms with Crippen molar-refractivity contribution >= 4 is 29.3 Å². The van der Waals surface area contributed by atoms with Crippen LogP contribution >= 0.6 is 11.6 Å². The number of piperidine rings is 1. The Bertz CT molecular complexity index is 945. The molecular weight excluding hydrogens is 421 g/mol. The molecule has 3 rings (SSSR count). The van der Waals surface area contributed by atoms with Crippen molar-refractivity contribution in [3.8, 4) is 0 Å². The lowest BCUT2D eigenvalue weighted by atomic mass is 9.95. The highest BCUT2D eigenvalue weighted by Crippen LogP contribution is 2.17. The molecule has 164 valence electrons. The Hall–Kier alpha value is -2.93. The van der Waals surface area contributed by atoms with Crippen LogP contribution in [0.4, 0.5) is 4.39 Å². The second-order valence-electron chi connectivity index (χ2n) is 7.48. The van der Waals surface area contributed by atoms with Gasteiger partial charge in [-0.15, -0.1) is 0 Å². The van der Waals surface area contributed by atoms with Gasteiger partial charge in [0.1, 0.15) is 5.82 Å². The van der Waals surface area contributed by atoms with Crippen LogP contribution in [0.15, 0.2) is 48.5 Å². The van der Waals surface area contributed by atoms with Crippen LogP contribution in [0.2, 0.25) is 5.02 Å². The third-order valence-corrected chi connectivity index (χ3v) is 5.59. The Morgan fingerprint density at radius 2 is 1.77 bits per heavy atom. The number of halogens is 2. The topological polar surface area (TPSA) is 78.5 Å². The first kappa shape index (κ1) is 22.7. The van der Waals surface area contributed by atoms with Gasteiger partial charge in [-0.25, -0.2) is 4.39 Å². The normalized spacial score (nSPS) is 14.2. The summed E-state index contributed by atoms with van der Waals surface area (Å²) in [6.07, 6.45) is 1.54. The molecule has 0 radical (unpaired) electrons. The molecule has 0 saturated carbocycles. The molecule has 0 spiro atoms. The van der Waals surface area contributed by atoms with Gasteiger partial charge in [-0.05, 0) is 49.1 Å². The number of rotatable bonds is 7. The number of hydrogen-bond donors (Lipinski definition) is 2. The van der Waals surface area contributed by atoms with Crippen LogP contribution in [0.3, 0.4) is 0 Å². The summed E-state index contributed by atoms with van der Waals surface area (Å²) in [4.78, 5) is 38.5. The summed E-state index contributed by atoms with van der Waals surface area (Å²) in [7, 11) is 0. The van der Waals surface area contributed by atoms with Crippen LogP contribution in [-0.4, -0.2) is 48.8 Å². The van der Waals surface area contributed by atoms with Crippen molar-refractivity contribution in [1.82, 2.24) is 15.5 Å². The Labute approximate surface area is 185 Å². The van der Waals surface area contributed by atoms with Crippen molar-refractivity contribution in [3.63, 3.8) is 0 Å². The predicted molar refractivity (Wildman–Crippen MR) is 116 cm³/mol. The Morgan fingerprint density at radius 1 is 1.03 bits per heavy atom. The maximum Gasteiger partial charge on any atom is 0.251 e. The maximum absolute atomic E-state index is 13.6. The SMILES string of the molecule is O=C(NCC(=O)N1CCC(C(=O)NCCc2ccccc2F)CC1)c1cccc(Cl)c1. The lowest BCUT2D eigenvalue weighted by molar-refractivity contribution is -0.134. The van der Waals surface area contributed by atoms with Gasteiger partial charge >= 0.3 is 0 Å². The van der Waals surface area contributed by atoms with E-state index in [1.165, 1.54) is 12.1 Å². The van der Waals surface area contributed by atoms with Crippen LogP contribution in [0.1, 0.15) is 28.8 Å². The van der Waals surface area contributed by atoms with Crippen molar-refractivity contribution in [1.29, 1.82) is 0 Å². The van der Waals surface area contributed by atoms with Crippen molar-refractivity contribution in [3.05, 3.63) is 70.5 Å². The fourth-order valence-electron chi connectivity index (χ4n) is 3.56. The van der Waals surface area contributed by atoms with E-state index in [1.54, 1.807) is 41.3 Å². The highest BCUT2D eigenvalue weighted by atomic mass is 35.5. The lowest BCUT2D eigenvalue weighted by Gasteiger charge is -2.31. The maximum atomic E-state index is 13.6. The molecule has 0 bridgehead atoms. The van der Waals surface area contributed by atoms with E-state index in [0.717, 1.165) is 0 Å². The number of carbonyl (C=O) groups excluding carboxylic acids is 3. The van der Waals surface area contributed by atoms with E-state index in [1.807, 2.05) is 0 Å². The molecular formula is C23H25ClFN3O3. The Morgan fingerprint density at radius 3 is 2.48 bits per heavy atom. The fraction of sp³-hybridized carbons (Fsp3) is 0.348. The zero-order valence-corrected chi connectivity index (χ0v) is 17.8. The third kappa shape index (κ3) is 6.52. The summed E-state index contributed by atoms with van der Waals surface area (Å²) in [6.45, 7) is 1.17. The lowest BCUT2D eigenvalue weighted by Crippen LogP contribution is -2.46. The first-order valence-electron chi connectivity index (χ1n) is 10.3. The molecule has 2 aromatic carbocycles. The smallest absolute Gasteiger partial charge is 0.251 e. The summed E-state index contributed by atoms with van der Waals surface area (Å²) in [5.74, 6) is -1.07. The summed E-state index contributed by atoms with van der Waals surface area (Å²) in [5.41, 5.74) is 0.967. The van der Waals surface area contributed by atoms with Gasteiger partial charge in [-0.1, -0.05) is 35.9 Å². The molecule has 1 fully saturated rings. The second-order valence-corrected chi connectivity index (χ2v) is 7.92. The molecule has 0 aliphatic carbocycles. The van der Waals surface area contributed by atoms with Gasteiger partial charge in [0, 0.05) is 36.1 Å². The van der Waals surface area contributed by atoms with Crippen molar-refractivity contribution in [2.24, 2.45) is 5.92 Å². The van der Waals surface area contributed by atoms with Crippen molar-refractivity contribution < 1.29 is 18.8 Å². The molecule has 3 amide bonds. The number of amides is 3. The summed E-state index contributed by atoms with van der Waals surface area (Å²) >= 11 is 5.88. The van der Waals surface area contributed by atoms with Crippen LogP contribution in [-0.2, 0) is 16.0 Å². The number of likely N-dealkylation sites (tertiary alicyclic amines) is 1. The van der Waals surface area contributed by atoms with E-state index in [9.17, 15) is 18.8 Å². The molecule has 2 N–H and O–H groups in total. The molecule has 1 aliphatic heterocycles. The summed E-state index contributed by atoms with van der Waals surface area (Å²) in [5, 5.41) is 5.92. The standard InChI is InChI=1S/C23H25ClFN3O3/c24-19-6-3-5-18(14-19)23(31)27-15-21(29)28-12-9-17(10-13-28)22(30)26-11-8-16-4-1-2-7-20(16)25/h1-7,14,17H,8-13,15H2,(H,26,30)(H,27,31). The molecule has 2 aromatic rings. The molecule has 0 atom stereocenters. The largest absolute Gasteiger partial charge is 0.356 e. The van der Waals surface area contributed by atoms with E-state index in [-0.39, 0.29) is 36.0 Å². The number of benzene rings is 2. The van der Waals surface area contributed by atoms with Gasteiger partial charge in [-0.2, -0.15) is 0 Å². The molecule has 6 nitrogen and oxygen atoms in total. The van der Waals surface area contributed by atoms with Gasteiger partial charge < -0.3 is 15.5 Å². The Balaban J connectivity index is 1.37. The van der Waals surface area contributed by atoms with E-state index in [0.29, 0.717) is 55.0 Å². The van der Waals surface area contributed by atoms with Crippen LogP contribution in [0, 0.1) is 11.7 Å². The van der Waals surface area contributed by atoms with E-state index in [4.69, 9.17) is 11.6 Å². The third-order valence-electron chi connectivity index (χ3n) is 5.36. The average Bonchev–Trinajstić information content (AvgIpc) is 2.78. The minimum atomic E-state index is -0.361. The average molecular weight is 446 g/mol. The zero-order chi connectivity index (χ0) is 22.2. The number of nitrogens with zero attached hydrogens (tertiary/aromatic N) is 1. The molecule has 1 heterocycles. The number of nitrogens with one attached hydrogen (secondary N) is 2. The molecule has 1 aliphatic rings. The molecule has 0 aromatic heterocycles. The van der Waals surface area contributed by atoms with Crippen LogP contribution in [0.25, 0.3) is 0 Å². The predicted octanol–water partition coefficient (Wildman–Crippen LogP) is 2.81. The highest BCUT2D eigenvalue weighted by Gasteiger charge is 2.27. The van der Waals surface area contributed by atoms with E-state index in [2.05, 4.69) is 10.6 Å². The number of carbonyl (C=O) groups is 3. The fourth-order valence-corrected chi connectivity index (χ4v) is 3.75. The van der Waals surface area contributed by atoms with Crippen molar-refractivity contribution in [2.75, 3.05) is 26.2 Å². The van der Waals surface area contributed by atoms with Gasteiger partial charge in [0.25, 0.3) is 5.91 Å². The highest BCUT2D eigenvalue weighted by molar-refractivity contribution is 6.31. The minimum absolute atomic E-state index is 0.0716. The van der Waals surface area contributed by atoms with Crippen LogP contribution in [0.5, 0.6) is 0 Å².